The summed E-state index contributed by atoms with van der Waals surface area (Å²) in [6, 6.07) is 7.25. The van der Waals surface area contributed by atoms with E-state index in [-0.39, 0.29) is 5.91 Å². The van der Waals surface area contributed by atoms with Crippen LogP contribution in [0.5, 0.6) is 0 Å². The van der Waals surface area contributed by atoms with Gasteiger partial charge in [0.2, 0.25) is 5.82 Å². The summed E-state index contributed by atoms with van der Waals surface area (Å²) >= 11 is 0. The fraction of sp³-hybridized carbons (Fsp3) is 0.467. The first kappa shape index (κ1) is 15.6. The minimum atomic E-state index is -0.118. The summed E-state index contributed by atoms with van der Waals surface area (Å²) < 4.78 is 5.32. The third-order valence-corrected chi connectivity index (χ3v) is 3.80. The van der Waals surface area contributed by atoms with Crippen molar-refractivity contribution in [3.8, 4) is 11.4 Å². The Morgan fingerprint density at radius 2 is 2.13 bits per heavy atom. The number of nitrogens with one attached hydrogen (secondary N) is 2. The molecule has 0 spiro atoms. The molecule has 0 atom stereocenters. The largest absolute Gasteiger partial charge is 0.379 e. The van der Waals surface area contributed by atoms with Gasteiger partial charge >= 0.3 is 0 Å². The van der Waals surface area contributed by atoms with E-state index >= 15 is 0 Å². The number of H-pyrrole nitrogens is 1. The number of aromatic amines is 1. The second-order valence-corrected chi connectivity index (χ2v) is 5.34. The average Bonchev–Trinajstić information content (AvgIpc) is 3.14. The van der Waals surface area contributed by atoms with Gasteiger partial charge in [0.25, 0.3) is 5.91 Å². The van der Waals surface area contributed by atoms with Crippen LogP contribution in [0.4, 0.5) is 0 Å². The molecule has 1 aromatic carbocycles. The molecule has 1 aromatic heterocycles. The highest BCUT2D eigenvalue weighted by Gasteiger charge is 2.15. The molecule has 0 unspecified atom stereocenters. The molecule has 1 amide bonds. The number of amides is 1. The van der Waals surface area contributed by atoms with Gasteiger partial charge in [0.05, 0.1) is 18.8 Å². The normalized spacial score (nSPS) is 15.5. The van der Waals surface area contributed by atoms with Crippen LogP contribution in [0.3, 0.4) is 0 Å². The van der Waals surface area contributed by atoms with Crippen molar-refractivity contribution >= 4 is 5.91 Å². The van der Waals surface area contributed by atoms with Gasteiger partial charge in [0.15, 0.2) is 0 Å². The second-order valence-electron chi connectivity index (χ2n) is 5.34. The number of benzene rings is 1. The molecule has 2 N–H and O–H groups in total. The molecule has 1 aliphatic rings. The molecule has 0 bridgehead atoms. The summed E-state index contributed by atoms with van der Waals surface area (Å²) in [5.74, 6) is 0.302. The molecular weight excluding hydrogens is 296 g/mol. The van der Waals surface area contributed by atoms with E-state index in [1.807, 2.05) is 18.2 Å². The molecule has 8 nitrogen and oxygen atoms in total. The molecule has 122 valence electrons. The summed E-state index contributed by atoms with van der Waals surface area (Å²) in [6.45, 7) is 5.13. The molecule has 3 rings (SSSR count). The van der Waals surface area contributed by atoms with Crippen LogP contribution in [-0.4, -0.2) is 70.8 Å². The van der Waals surface area contributed by atoms with Crippen molar-refractivity contribution in [2.45, 2.75) is 6.42 Å². The van der Waals surface area contributed by atoms with E-state index in [0.29, 0.717) is 23.5 Å². The number of hydrogen-bond acceptors (Lipinski definition) is 6. The first-order valence-corrected chi connectivity index (χ1v) is 7.76. The lowest BCUT2D eigenvalue weighted by Crippen LogP contribution is -2.38. The Morgan fingerprint density at radius 3 is 2.91 bits per heavy atom. The minimum Gasteiger partial charge on any atom is -0.379 e. The Morgan fingerprint density at radius 1 is 1.30 bits per heavy atom. The van der Waals surface area contributed by atoms with Crippen molar-refractivity contribution in [1.82, 2.24) is 30.8 Å². The summed E-state index contributed by atoms with van der Waals surface area (Å²) in [5.41, 5.74) is 1.23. The molecule has 23 heavy (non-hydrogen) atoms. The molecule has 2 aromatic rings. The highest BCUT2D eigenvalue weighted by molar-refractivity contribution is 6.00. The number of hydrogen-bond donors (Lipinski definition) is 2. The van der Waals surface area contributed by atoms with E-state index in [0.717, 1.165) is 39.3 Å². The number of rotatable bonds is 6. The summed E-state index contributed by atoms with van der Waals surface area (Å²) in [7, 11) is 0. The lowest BCUT2D eigenvalue weighted by atomic mass is 10.1. The Balaban J connectivity index is 1.52. The molecule has 1 saturated heterocycles. The highest BCUT2D eigenvalue weighted by atomic mass is 16.5. The zero-order valence-corrected chi connectivity index (χ0v) is 12.9. The predicted octanol–water partition coefficient (Wildman–Crippen LogP) is 0.319. The smallest absolute Gasteiger partial charge is 0.252 e. The van der Waals surface area contributed by atoms with Crippen molar-refractivity contribution in [3.63, 3.8) is 0 Å². The summed E-state index contributed by atoms with van der Waals surface area (Å²) in [6.07, 6.45) is 0.913. The molecule has 2 heterocycles. The van der Waals surface area contributed by atoms with E-state index in [9.17, 15) is 4.79 Å². The van der Waals surface area contributed by atoms with E-state index < -0.39 is 0 Å². The van der Waals surface area contributed by atoms with Gasteiger partial charge in [0, 0.05) is 25.2 Å². The van der Waals surface area contributed by atoms with Crippen molar-refractivity contribution in [2.24, 2.45) is 0 Å². The molecular formula is C15H20N6O2. The van der Waals surface area contributed by atoms with Crippen LogP contribution >= 0.6 is 0 Å². The first-order chi connectivity index (χ1) is 11.3. The van der Waals surface area contributed by atoms with Gasteiger partial charge in [-0.05, 0) is 24.2 Å². The molecule has 1 fully saturated rings. The van der Waals surface area contributed by atoms with Crippen molar-refractivity contribution in [1.29, 1.82) is 0 Å². The zero-order chi connectivity index (χ0) is 15.9. The van der Waals surface area contributed by atoms with Crippen LogP contribution in [0, 0.1) is 0 Å². The number of tetrazole rings is 1. The van der Waals surface area contributed by atoms with Gasteiger partial charge < -0.3 is 10.1 Å². The Bertz CT molecular complexity index is 625. The number of ether oxygens (including phenoxy) is 1. The van der Waals surface area contributed by atoms with Crippen LogP contribution in [-0.2, 0) is 4.74 Å². The van der Waals surface area contributed by atoms with Gasteiger partial charge in [-0.2, -0.15) is 5.21 Å². The topological polar surface area (TPSA) is 96.0 Å². The monoisotopic (exact) mass is 316 g/mol. The van der Waals surface area contributed by atoms with Crippen LogP contribution < -0.4 is 5.32 Å². The van der Waals surface area contributed by atoms with Crippen LogP contribution in [0.1, 0.15) is 16.8 Å². The second kappa shape index (κ2) is 7.80. The number of carbonyl (C=O) groups excluding carboxylic acids is 1. The zero-order valence-electron chi connectivity index (χ0n) is 12.9. The van der Waals surface area contributed by atoms with E-state index in [1.54, 1.807) is 6.07 Å². The standard InChI is InChI=1S/C15H20N6O2/c22-15(16-6-3-7-21-8-10-23-11-9-21)13-5-2-1-4-12(13)14-17-19-20-18-14/h1-2,4-5H,3,6-11H2,(H,16,22)(H,17,18,19,20). The Labute approximate surface area is 134 Å². The SMILES string of the molecule is O=C(NCCCN1CCOCC1)c1ccccc1-c1nn[nH]n1. The van der Waals surface area contributed by atoms with Crippen molar-refractivity contribution in [2.75, 3.05) is 39.4 Å². The fourth-order valence-corrected chi connectivity index (χ4v) is 2.58. The third-order valence-electron chi connectivity index (χ3n) is 3.80. The van der Waals surface area contributed by atoms with Gasteiger partial charge in [-0.25, -0.2) is 0 Å². The predicted molar refractivity (Wildman–Crippen MR) is 83.8 cm³/mol. The van der Waals surface area contributed by atoms with Crippen molar-refractivity contribution < 1.29 is 9.53 Å². The highest BCUT2D eigenvalue weighted by Crippen LogP contribution is 2.18. The van der Waals surface area contributed by atoms with Gasteiger partial charge in [0.1, 0.15) is 0 Å². The lowest BCUT2D eigenvalue weighted by Gasteiger charge is -2.26. The fourth-order valence-electron chi connectivity index (χ4n) is 2.58. The van der Waals surface area contributed by atoms with E-state index in [2.05, 4.69) is 30.8 Å². The summed E-state index contributed by atoms with van der Waals surface area (Å²) in [5, 5.41) is 16.8. The Kier molecular flexibility index (Phi) is 5.28. The molecule has 8 heteroatoms. The maximum Gasteiger partial charge on any atom is 0.252 e. The third kappa shape index (κ3) is 4.11. The minimum absolute atomic E-state index is 0.118. The molecule has 0 radical (unpaired) electrons. The number of aromatic nitrogens is 4. The number of nitrogens with zero attached hydrogens (tertiary/aromatic N) is 4. The van der Waals surface area contributed by atoms with Crippen LogP contribution in [0.15, 0.2) is 24.3 Å². The van der Waals surface area contributed by atoms with Crippen LogP contribution in [0.2, 0.25) is 0 Å². The van der Waals surface area contributed by atoms with Crippen LogP contribution in [0.25, 0.3) is 11.4 Å². The molecule has 0 aliphatic carbocycles. The lowest BCUT2D eigenvalue weighted by molar-refractivity contribution is 0.0374. The first-order valence-electron chi connectivity index (χ1n) is 7.76. The quantitative estimate of drug-likeness (QED) is 0.745. The number of morpholine rings is 1. The average molecular weight is 316 g/mol. The Hall–Kier alpha value is -2.32. The maximum atomic E-state index is 12.4. The van der Waals surface area contributed by atoms with E-state index in [1.165, 1.54) is 0 Å². The summed E-state index contributed by atoms with van der Waals surface area (Å²) in [4.78, 5) is 14.7. The van der Waals surface area contributed by atoms with Gasteiger partial charge in [-0.3, -0.25) is 9.69 Å². The van der Waals surface area contributed by atoms with Gasteiger partial charge in [-0.1, -0.05) is 18.2 Å². The molecule has 0 saturated carbocycles. The van der Waals surface area contributed by atoms with Crippen molar-refractivity contribution in [3.05, 3.63) is 29.8 Å². The van der Waals surface area contributed by atoms with E-state index in [4.69, 9.17) is 4.74 Å². The number of carbonyl (C=O) groups is 1. The molecule has 1 aliphatic heterocycles. The van der Waals surface area contributed by atoms with Gasteiger partial charge in [-0.15, -0.1) is 10.2 Å². The maximum absolute atomic E-state index is 12.4.